The van der Waals surface area contributed by atoms with E-state index >= 15 is 0 Å². The second-order valence-corrected chi connectivity index (χ2v) is 7.21. The van der Waals surface area contributed by atoms with Crippen molar-refractivity contribution in [2.45, 2.75) is 32.6 Å². The van der Waals surface area contributed by atoms with Gasteiger partial charge in [-0.2, -0.15) is 5.10 Å². The van der Waals surface area contributed by atoms with Gasteiger partial charge in [0.05, 0.1) is 31.0 Å². The van der Waals surface area contributed by atoms with Gasteiger partial charge in [0.15, 0.2) is 5.13 Å². The number of esters is 1. The minimum atomic E-state index is -0.359. The van der Waals surface area contributed by atoms with Crippen LogP contribution in [0.2, 0.25) is 0 Å². The molecule has 9 heteroatoms. The average Bonchev–Trinajstić information content (AvgIpc) is 3.37. The summed E-state index contributed by atoms with van der Waals surface area (Å²) in [5.41, 5.74) is 2.42. The van der Waals surface area contributed by atoms with E-state index in [2.05, 4.69) is 15.4 Å². The molecule has 3 rings (SSSR count). The first-order valence-electron chi connectivity index (χ1n) is 9.38. The van der Waals surface area contributed by atoms with Crippen LogP contribution in [0.15, 0.2) is 40.8 Å². The minimum Gasteiger partial charge on any atom is -0.466 e. The summed E-state index contributed by atoms with van der Waals surface area (Å²) in [6.07, 6.45) is 0.872. The van der Waals surface area contributed by atoms with Crippen molar-refractivity contribution in [3.8, 4) is 0 Å². The van der Waals surface area contributed by atoms with E-state index in [0.29, 0.717) is 30.4 Å². The Morgan fingerprint density at radius 1 is 1.21 bits per heavy atom. The molecule has 2 aromatic rings. The third-order valence-electron chi connectivity index (χ3n) is 4.19. The SMILES string of the molecule is CCOC(=O)Cc1csc(NC(=O)CCC(=O)N2CCC(c3ccccc3)=N2)n1. The van der Waals surface area contributed by atoms with Crippen LogP contribution in [-0.4, -0.2) is 46.6 Å². The average molecular weight is 414 g/mol. The van der Waals surface area contributed by atoms with Gasteiger partial charge in [-0.15, -0.1) is 11.3 Å². The van der Waals surface area contributed by atoms with Gasteiger partial charge in [0, 0.05) is 24.6 Å². The molecule has 0 aliphatic carbocycles. The van der Waals surface area contributed by atoms with Gasteiger partial charge in [-0.1, -0.05) is 30.3 Å². The third-order valence-corrected chi connectivity index (χ3v) is 5.00. The predicted octanol–water partition coefficient (Wildman–Crippen LogP) is 2.60. The Morgan fingerprint density at radius 3 is 2.76 bits per heavy atom. The van der Waals surface area contributed by atoms with E-state index < -0.39 is 0 Å². The van der Waals surface area contributed by atoms with Crippen LogP contribution in [0.1, 0.15) is 37.4 Å². The van der Waals surface area contributed by atoms with Gasteiger partial charge in [0.2, 0.25) is 11.8 Å². The third kappa shape index (κ3) is 5.95. The molecule has 152 valence electrons. The van der Waals surface area contributed by atoms with Gasteiger partial charge >= 0.3 is 5.97 Å². The maximum absolute atomic E-state index is 12.3. The van der Waals surface area contributed by atoms with E-state index in [0.717, 1.165) is 11.3 Å². The monoisotopic (exact) mass is 414 g/mol. The Hall–Kier alpha value is -3.07. The first kappa shape index (κ1) is 20.7. The van der Waals surface area contributed by atoms with E-state index in [1.54, 1.807) is 12.3 Å². The van der Waals surface area contributed by atoms with Gasteiger partial charge in [-0.05, 0) is 12.5 Å². The summed E-state index contributed by atoms with van der Waals surface area (Å²) >= 11 is 1.23. The number of carbonyl (C=O) groups excluding carboxylic acids is 3. The van der Waals surface area contributed by atoms with Crippen LogP contribution < -0.4 is 5.32 Å². The summed E-state index contributed by atoms with van der Waals surface area (Å²) < 4.78 is 4.87. The van der Waals surface area contributed by atoms with Gasteiger partial charge in [-0.25, -0.2) is 9.99 Å². The molecule has 8 nitrogen and oxygen atoms in total. The van der Waals surface area contributed by atoms with Crippen molar-refractivity contribution >= 4 is 40.0 Å². The van der Waals surface area contributed by atoms with Crippen molar-refractivity contribution in [2.24, 2.45) is 5.10 Å². The molecule has 1 aromatic heterocycles. The number of thiazole rings is 1. The molecule has 0 saturated carbocycles. The van der Waals surface area contributed by atoms with Crippen LogP contribution in [0.3, 0.4) is 0 Å². The number of anilines is 1. The molecule has 1 aliphatic heterocycles. The Labute approximate surface area is 172 Å². The Morgan fingerprint density at radius 2 is 2.00 bits per heavy atom. The molecule has 0 fully saturated rings. The maximum atomic E-state index is 12.3. The number of amides is 2. The Kier molecular flexibility index (Phi) is 7.07. The van der Waals surface area contributed by atoms with Crippen LogP contribution in [0.5, 0.6) is 0 Å². The highest BCUT2D eigenvalue weighted by molar-refractivity contribution is 7.13. The van der Waals surface area contributed by atoms with E-state index in [4.69, 9.17) is 4.74 Å². The van der Waals surface area contributed by atoms with Crippen LogP contribution in [0.25, 0.3) is 0 Å². The second kappa shape index (κ2) is 9.92. The van der Waals surface area contributed by atoms with E-state index in [1.807, 2.05) is 30.3 Å². The highest BCUT2D eigenvalue weighted by atomic mass is 32.1. The van der Waals surface area contributed by atoms with Crippen molar-refractivity contribution in [2.75, 3.05) is 18.5 Å². The molecule has 0 spiro atoms. The van der Waals surface area contributed by atoms with Gasteiger partial charge < -0.3 is 10.1 Å². The lowest BCUT2D eigenvalue weighted by Gasteiger charge is -2.10. The molecule has 1 aromatic carbocycles. The number of nitrogens with one attached hydrogen (secondary N) is 1. The largest absolute Gasteiger partial charge is 0.466 e. The summed E-state index contributed by atoms with van der Waals surface area (Å²) in [6.45, 7) is 2.57. The smallest absolute Gasteiger partial charge is 0.311 e. The topological polar surface area (TPSA) is 101 Å². The van der Waals surface area contributed by atoms with Crippen LogP contribution >= 0.6 is 11.3 Å². The van der Waals surface area contributed by atoms with E-state index in [-0.39, 0.29) is 37.0 Å². The Bertz CT molecular complexity index is 910. The fourth-order valence-electron chi connectivity index (χ4n) is 2.81. The maximum Gasteiger partial charge on any atom is 0.311 e. The summed E-state index contributed by atoms with van der Waals surface area (Å²) in [6, 6.07) is 9.73. The Balaban J connectivity index is 1.45. The number of hydrogen-bond donors (Lipinski definition) is 1. The number of hydrazone groups is 1. The van der Waals surface area contributed by atoms with Crippen molar-refractivity contribution < 1.29 is 19.1 Å². The van der Waals surface area contributed by atoms with Crippen LogP contribution in [-0.2, 0) is 25.5 Å². The number of nitrogens with zero attached hydrogens (tertiary/aromatic N) is 3. The molecule has 0 atom stereocenters. The number of aromatic nitrogens is 1. The van der Waals surface area contributed by atoms with Gasteiger partial charge in [0.25, 0.3) is 0 Å². The molecule has 1 aliphatic rings. The van der Waals surface area contributed by atoms with Crippen molar-refractivity contribution in [3.05, 3.63) is 47.0 Å². The molecule has 2 heterocycles. The molecule has 2 amide bonds. The number of ether oxygens (including phenoxy) is 1. The van der Waals surface area contributed by atoms with E-state index in [1.165, 1.54) is 16.3 Å². The predicted molar refractivity (Wildman–Crippen MR) is 110 cm³/mol. The summed E-state index contributed by atoms with van der Waals surface area (Å²) in [4.78, 5) is 40.1. The van der Waals surface area contributed by atoms with Crippen molar-refractivity contribution in [1.82, 2.24) is 9.99 Å². The molecular formula is C20H22N4O4S. The first-order chi connectivity index (χ1) is 14.0. The van der Waals surface area contributed by atoms with Gasteiger partial charge in [0.1, 0.15) is 0 Å². The molecule has 1 N–H and O–H groups in total. The number of rotatable bonds is 8. The zero-order valence-corrected chi connectivity index (χ0v) is 16.9. The lowest BCUT2D eigenvalue weighted by molar-refractivity contribution is -0.142. The quantitative estimate of drug-likeness (QED) is 0.669. The number of hydrogen-bond acceptors (Lipinski definition) is 7. The summed E-state index contributed by atoms with van der Waals surface area (Å²) in [5, 5.41) is 10.6. The lowest BCUT2D eigenvalue weighted by atomic mass is 10.1. The second-order valence-electron chi connectivity index (χ2n) is 6.35. The standard InChI is InChI=1S/C20H22N4O4S/c1-2-28-19(27)12-15-13-29-20(21-15)22-17(25)8-9-18(26)24-11-10-16(23-24)14-6-4-3-5-7-14/h3-7,13H,2,8-12H2,1H3,(H,21,22,25). The molecule has 29 heavy (non-hydrogen) atoms. The summed E-state index contributed by atoms with van der Waals surface area (Å²) in [5.74, 6) is -0.850. The number of benzene rings is 1. The highest BCUT2D eigenvalue weighted by Crippen LogP contribution is 2.18. The van der Waals surface area contributed by atoms with E-state index in [9.17, 15) is 14.4 Å². The number of carbonyl (C=O) groups is 3. The summed E-state index contributed by atoms with van der Waals surface area (Å²) in [7, 11) is 0. The molecule has 0 radical (unpaired) electrons. The normalized spacial score (nSPS) is 13.1. The fourth-order valence-corrected chi connectivity index (χ4v) is 3.53. The minimum absolute atomic E-state index is 0.0400. The van der Waals surface area contributed by atoms with Crippen LogP contribution in [0.4, 0.5) is 5.13 Å². The molecule has 0 saturated heterocycles. The van der Waals surface area contributed by atoms with Crippen LogP contribution in [0, 0.1) is 0 Å². The van der Waals surface area contributed by atoms with Crippen molar-refractivity contribution in [3.63, 3.8) is 0 Å². The molecule has 0 unspecified atom stereocenters. The highest BCUT2D eigenvalue weighted by Gasteiger charge is 2.22. The first-order valence-corrected chi connectivity index (χ1v) is 10.3. The fraction of sp³-hybridized carbons (Fsp3) is 0.350. The zero-order chi connectivity index (χ0) is 20.6. The molecule has 0 bridgehead atoms. The zero-order valence-electron chi connectivity index (χ0n) is 16.1. The lowest BCUT2D eigenvalue weighted by Crippen LogP contribution is -2.25. The van der Waals surface area contributed by atoms with Gasteiger partial charge in [-0.3, -0.25) is 14.4 Å². The van der Waals surface area contributed by atoms with Crippen molar-refractivity contribution in [1.29, 1.82) is 0 Å². The molecular weight excluding hydrogens is 392 g/mol.